The van der Waals surface area contributed by atoms with Crippen LogP contribution in [-0.2, 0) is 4.79 Å². The minimum absolute atomic E-state index is 0.205. The maximum Gasteiger partial charge on any atom is 0.224 e. The number of hydrogen-bond acceptors (Lipinski definition) is 2. The van der Waals surface area contributed by atoms with Crippen molar-refractivity contribution >= 4 is 5.91 Å². The summed E-state index contributed by atoms with van der Waals surface area (Å²) in [6.07, 6.45) is 9.97. The zero-order chi connectivity index (χ0) is 12.8. The molecule has 1 saturated carbocycles. The van der Waals surface area contributed by atoms with E-state index in [9.17, 15) is 4.79 Å². The minimum atomic E-state index is 0.205. The molecule has 3 nitrogen and oxygen atoms in total. The van der Waals surface area contributed by atoms with Gasteiger partial charge in [-0.2, -0.15) is 0 Å². The second-order valence-corrected chi connectivity index (χ2v) is 5.96. The van der Waals surface area contributed by atoms with Gasteiger partial charge in [-0.05, 0) is 44.6 Å². The van der Waals surface area contributed by atoms with E-state index < -0.39 is 0 Å². The lowest BCUT2D eigenvalue weighted by Gasteiger charge is -2.32. The fraction of sp³-hybridized carbons (Fsp3) is 0.933. The summed E-state index contributed by atoms with van der Waals surface area (Å²) < 4.78 is 0. The lowest BCUT2D eigenvalue weighted by molar-refractivity contribution is -0.126. The Morgan fingerprint density at radius 1 is 1.22 bits per heavy atom. The SMILES string of the molecule is CCC(NC(=O)[C@H]1CCCNC1)C1CCCCC1. The summed E-state index contributed by atoms with van der Waals surface area (Å²) in [5.74, 6) is 1.22. The number of nitrogens with one attached hydrogen (secondary N) is 2. The first-order chi connectivity index (χ1) is 8.81. The van der Waals surface area contributed by atoms with Crippen LogP contribution in [0.3, 0.4) is 0 Å². The molecule has 0 aromatic heterocycles. The second kappa shape index (κ2) is 7.13. The van der Waals surface area contributed by atoms with Crippen LogP contribution >= 0.6 is 0 Å². The molecule has 1 amide bonds. The molecule has 2 N–H and O–H groups in total. The van der Waals surface area contributed by atoms with Gasteiger partial charge in [-0.3, -0.25) is 4.79 Å². The average Bonchev–Trinajstić information content (AvgIpc) is 2.46. The van der Waals surface area contributed by atoms with Crippen molar-refractivity contribution in [1.82, 2.24) is 10.6 Å². The Balaban J connectivity index is 1.82. The number of piperidine rings is 1. The maximum atomic E-state index is 12.3. The Labute approximate surface area is 111 Å². The van der Waals surface area contributed by atoms with Crippen molar-refractivity contribution in [3.8, 4) is 0 Å². The Kier molecular flexibility index (Phi) is 5.48. The summed E-state index contributed by atoms with van der Waals surface area (Å²) >= 11 is 0. The lowest BCUT2D eigenvalue weighted by atomic mass is 9.82. The third kappa shape index (κ3) is 3.71. The predicted molar refractivity (Wildman–Crippen MR) is 74.4 cm³/mol. The molecule has 104 valence electrons. The molecule has 1 aliphatic heterocycles. The zero-order valence-electron chi connectivity index (χ0n) is 11.7. The molecule has 2 atom stereocenters. The van der Waals surface area contributed by atoms with Gasteiger partial charge in [0.2, 0.25) is 5.91 Å². The summed E-state index contributed by atoms with van der Waals surface area (Å²) in [7, 11) is 0. The number of rotatable bonds is 4. The Morgan fingerprint density at radius 3 is 2.61 bits per heavy atom. The smallest absolute Gasteiger partial charge is 0.224 e. The van der Waals surface area contributed by atoms with Gasteiger partial charge >= 0.3 is 0 Å². The Morgan fingerprint density at radius 2 is 2.00 bits per heavy atom. The maximum absolute atomic E-state index is 12.3. The van der Waals surface area contributed by atoms with E-state index in [1.807, 2.05) is 0 Å². The largest absolute Gasteiger partial charge is 0.353 e. The molecular weight excluding hydrogens is 224 g/mol. The van der Waals surface area contributed by atoms with Crippen molar-refractivity contribution in [1.29, 1.82) is 0 Å². The summed E-state index contributed by atoms with van der Waals surface area (Å²) in [6.45, 7) is 4.15. The van der Waals surface area contributed by atoms with Crippen LogP contribution in [0.4, 0.5) is 0 Å². The molecule has 18 heavy (non-hydrogen) atoms. The van der Waals surface area contributed by atoms with Crippen molar-refractivity contribution in [2.75, 3.05) is 13.1 Å². The van der Waals surface area contributed by atoms with Crippen molar-refractivity contribution in [3.05, 3.63) is 0 Å². The van der Waals surface area contributed by atoms with E-state index in [0.717, 1.165) is 38.3 Å². The highest BCUT2D eigenvalue weighted by Crippen LogP contribution is 2.28. The zero-order valence-corrected chi connectivity index (χ0v) is 11.7. The van der Waals surface area contributed by atoms with E-state index in [1.165, 1.54) is 32.1 Å². The molecule has 2 aliphatic rings. The number of amides is 1. The number of carbonyl (C=O) groups is 1. The second-order valence-electron chi connectivity index (χ2n) is 5.96. The van der Waals surface area contributed by atoms with Crippen LogP contribution in [-0.4, -0.2) is 25.0 Å². The molecule has 0 radical (unpaired) electrons. The summed E-state index contributed by atoms with van der Waals surface area (Å²) in [4.78, 5) is 12.3. The third-order valence-electron chi connectivity index (χ3n) is 4.65. The van der Waals surface area contributed by atoms with Gasteiger partial charge in [0.05, 0.1) is 5.92 Å². The standard InChI is InChI=1S/C15H28N2O/c1-2-14(12-7-4-3-5-8-12)17-15(18)13-9-6-10-16-11-13/h12-14,16H,2-11H2,1H3,(H,17,18)/t13-,14?/m0/s1. The van der Waals surface area contributed by atoms with Crippen molar-refractivity contribution < 1.29 is 4.79 Å². The predicted octanol–water partition coefficient (Wildman–Crippen LogP) is 2.46. The fourth-order valence-electron chi connectivity index (χ4n) is 3.47. The van der Waals surface area contributed by atoms with E-state index in [4.69, 9.17) is 0 Å². The van der Waals surface area contributed by atoms with Crippen molar-refractivity contribution in [2.45, 2.75) is 64.3 Å². The molecule has 0 aromatic rings. The van der Waals surface area contributed by atoms with Gasteiger partial charge in [0.15, 0.2) is 0 Å². The quantitative estimate of drug-likeness (QED) is 0.807. The van der Waals surface area contributed by atoms with Crippen LogP contribution in [0, 0.1) is 11.8 Å². The number of hydrogen-bond donors (Lipinski definition) is 2. The molecule has 3 heteroatoms. The van der Waals surface area contributed by atoms with E-state index in [-0.39, 0.29) is 5.92 Å². The van der Waals surface area contributed by atoms with Gasteiger partial charge in [0.1, 0.15) is 0 Å². The van der Waals surface area contributed by atoms with Gasteiger partial charge in [0, 0.05) is 12.6 Å². The summed E-state index contributed by atoms with van der Waals surface area (Å²) in [5, 5.41) is 6.65. The van der Waals surface area contributed by atoms with E-state index in [0.29, 0.717) is 11.9 Å². The summed E-state index contributed by atoms with van der Waals surface area (Å²) in [5.41, 5.74) is 0. The highest BCUT2D eigenvalue weighted by molar-refractivity contribution is 5.79. The van der Waals surface area contributed by atoms with Crippen LogP contribution < -0.4 is 10.6 Å². The molecule has 2 rings (SSSR count). The number of carbonyl (C=O) groups excluding carboxylic acids is 1. The Hall–Kier alpha value is -0.570. The van der Waals surface area contributed by atoms with Crippen molar-refractivity contribution in [2.24, 2.45) is 11.8 Å². The summed E-state index contributed by atoms with van der Waals surface area (Å²) in [6, 6.07) is 0.416. The molecule has 2 fully saturated rings. The van der Waals surface area contributed by atoms with Gasteiger partial charge < -0.3 is 10.6 Å². The lowest BCUT2D eigenvalue weighted by Crippen LogP contribution is -2.47. The molecule has 0 spiro atoms. The highest BCUT2D eigenvalue weighted by Gasteiger charge is 2.27. The molecule has 0 aromatic carbocycles. The molecular formula is C15H28N2O. The Bertz CT molecular complexity index is 255. The van der Waals surface area contributed by atoms with Gasteiger partial charge in [-0.25, -0.2) is 0 Å². The highest BCUT2D eigenvalue weighted by atomic mass is 16.2. The molecule has 1 saturated heterocycles. The molecule has 0 bridgehead atoms. The molecule has 1 aliphatic carbocycles. The van der Waals surface area contributed by atoms with Crippen LogP contribution in [0.2, 0.25) is 0 Å². The van der Waals surface area contributed by atoms with Gasteiger partial charge in [-0.1, -0.05) is 26.2 Å². The third-order valence-corrected chi connectivity index (χ3v) is 4.65. The normalized spacial score (nSPS) is 27.7. The fourth-order valence-corrected chi connectivity index (χ4v) is 3.47. The van der Waals surface area contributed by atoms with Gasteiger partial charge in [0.25, 0.3) is 0 Å². The van der Waals surface area contributed by atoms with E-state index >= 15 is 0 Å². The van der Waals surface area contributed by atoms with Crippen molar-refractivity contribution in [3.63, 3.8) is 0 Å². The van der Waals surface area contributed by atoms with E-state index in [2.05, 4.69) is 17.6 Å². The van der Waals surface area contributed by atoms with Crippen LogP contribution in [0.25, 0.3) is 0 Å². The monoisotopic (exact) mass is 252 g/mol. The van der Waals surface area contributed by atoms with Crippen LogP contribution in [0.15, 0.2) is 0 Å². The first-order valence-corrected chi connectivity index (χ1v) is 7.82. The van der Waals surface area contributed by atoms with E-state index in [1.54, 1.807) is 0 Å². The topological polar surface area (TPSA) is 41.1 Å². The van der Waals surface area contributed by atoms with Gasteiger partial charge in [-0.15, -0.1) is 0 Å². The van der Waals surface area contributed by atoms with Crippen LogP contribution in [0.5, 0.6) is 0 Å². The van der Waals surface area contributed by atoms with Crippen LogP contribution in [0.1, 0.15) is 58.3 Å². The first kappa shape index (κ1) is 13.9. The first-order valence-electron chi connectivity index (χ1n) is 7.82. The minimum Gasteiger partial charge on any atom is -0.353 e. The average molecular weight is 252 g/mol. The molecule has 1 unspecified atom stereocenters. The molecule has 1 heterocycles.